The van der Waals surface area contributed by atoms with Crippen LogP contribution in [0.25, 0.3) is 0 Å². The van der Waals surface area contributed by atoms with Gasteiger partial charge < -0.3 is 5.73 Å². The van der Waals surface area contributed by atoms with E-state index in [1.54, 1.807) is 6.20 Å². The number of piperazine rings is 1. The topological polar surface area (TPSA) is 45.4 Å². The van der Waals surface area contributed by atoms with Gasteiger partial charge in [0.2, 0.25) is 0 Å². The molecule has 0 aromatic carbocycles. The Bertz CT molecular complexity index is 366. The Labute approximate surface area is 103 Å². The molecule has 2 N–H and O–H groups in total. The molecule has 0 bridgehead atoms. The number of anilines is 1. The molecule has 0 spiro atoms. The first-order valence-electron chi connectivity index (χ1n) is 6.36. The summed E-state index contributed by atoms with van der Waals surface area (Å²) >= 11 is 0. The molecular formula is C13H22N4. The fourth-order valence-electron chi connectivity index (χ4n) is 2.54. The van der Waals surface area contributed by atoms with Crippen molar-refractivity contribution in [2.45, 2.75) is 26.4 Å². The van der Waals surface area contributed by atoms with Crippen LogP contribution < -0.4 is 5.73 Å². The minimum absolute atomic E-state index is 0.614. The molecule has 1 fully saturated rings. The smallest absolute Gasteiger partial charge is 0.123 e. The average Bonchev–Trinajstić information content (AvgIpc) is 2.29. The van der Waals surface area contributed by atoms with Crippen LogP contribution in [-0.2, 0) is 6.54 Å². The molecule has 1 aromatic rings. The number of pyridine rings is 1. The maximum atomic E-state index is 5.70. The Morgan fingerprint density at radius 1 is 1.47 bits per heavy atom. The molecule has 17 heavy (non-hydrogen) atoms. The lowest BCUT2D eigenvalue weighted by Gasteiger charge is -2.39. The van der Waals surface area contributed by atoms with Crippen LogP contribution in [0.5, 0.6) is 0 Å². The van der Waals surface area contributed by atoms with Gasteiger partial charge in [0.15, 0.2) is 0 Å². The largest absolute Gasteiger partial charge is 0.384 e. The monoisotopic (exact) mass is 234 g/mol. The zero-order valence-electron chi connectivity index (χ0n) is 10.8. The van der Waals surface area contributed by atoms with Gasteiger partial charge in [0, 0.05) is 38.4 Å². The summed E-state index contributed by atoms with van der Waals surface area (Å²) in [7, 11) is 0. The summed E-state index contributed by atoms with van der Waals surface area (Å²) in [5.74, 6) is 0.614. The number of nitrogens with zero attached hydrogens (tertiary/aromatic N) is 3. The molecule has 1 unspecified atom stereocenters. The van der Waals surface area contributed by atoms with Gasteiger partial charge in [-0.05, 0) is 31.2 Å². The second-order valence-corrected chi connectivity index (χ2v) is 4.80. The maximum Gasteiger partial charge on any atom is 0.123 e. The number of nitrogen functional groups attached to an aromatic ring is 1. The number of likely N-dealkylation sites (N-methyl/N-ethyl adjacent to an activating group) is 1. The first-order valence-corrected chi connectivity index (χ1v) is 6.36. The summed E-state index contributed by atoms with van der Waals surface area (Å²) in [6.45, 7) is 10.1. The van der Waals surface area contributed by atoms with Crippen molar-refractivity contribution in [1.82, 2.24) is 14.8 Å². The van der Waals surface area contributed by atoms with Crippen molar-refractivity contribution in [2.75, 3.05) is 31.9 Å². The van der Waals surface area contributed by atoms with E-state index in [1.807, 2.05) is 12.1 Å². The van der Waals surface area contributed by atoms with Gasteiger partial charge in [0.05, 0.1) is 0 Å². The highest BCUT2D eigenvalue weighted by Crippen LogP contribution is 2.13. The lowest BCUT2D eigenvalue weighted by atomic mass is 10.1. The van der Waals surface area contributed by atoms with Crippen LogP contribution in [-0.4, -0.2) is 47.0 Å². The molecule has 0 saturated carbocycles. The highest BCUT2D eigenvalue weighted by Gasteiger charge is 2.22. The Kier molecular flexibility index (Phi) is 3.97. The predicted molar refractivity (Wildman–Crippen MR) is 70.6 cm³/mol. The van der Waals surface area contributed by atoms with Crippen LogP contribution in [0.15, 0.2) is 18.3 Å². The van der Waals surface area contributed by atoms with Gasteiger partial charge in [-0.2, -0.15) is 0 Å². The molecule has 2 rings (SSSR count). The zero-order valence-corrected chi connectivity index (χ0v) is 10.8. The molecule has 4 heteroatoms. The third-order valence-corrected chi connectivity index (χ3v) is 3.51. The number of hydrogen-bond acceptors (Lipinski definition) is 4. The standard InChI is InChI=1S/C13H22N4/c1-3-17-7-6-16(9-11(17)2)10-12-4-5-15-13(14)8-12/h4-5,8,11H,3,6-7,9-10H2,1-2H3,(H2,14,15). The highest BCUT2D eigenvalue weighted by molar-refractivity contribution is 5.31. The van der Waals surface area contributed by atoms with Crippen molar-refractivity contribution < 1.29 is 0 Å². The first-order chi connectivity index (χ1) is 8.19. The predicted octanol–water partition coefficient (Wildman–Crippen LogP) is 1.19. The minimum Gasteiger partial charge on any atom is -0.384 e. The van der Waals surface area contributed by atoms with Crippen LogP contribution >= 0.6 is 0 Å². The summed E-state index contributed by atoms with van der Waals surface area (Å²) < 4.78 is 0. The third kappa shape index (κ3) is 3.17. The molecule has 2 heterocycles. The van der Waals surface area contributed by atoms with Gasteiger partial charge in [-0.15, -0.1) is 0 Å². The summed E-state index contributed by atoms with van der Waals surface area (Å²) in [5.41, 5.74) is 6.96. The number of aromatic nitrogens is 1. The average molecular weight is 234 g/mol. The SMILES string of the molecule is CCN1CCN(Cc2ccnc(N)c2)CC1C. The minimum atomic E-state index is 0.614. The number of rotatable bonds is 3. The fraction of sp³-hybridized carbons (Fsp3) is 0.615. The Morgan fingerprint density at radius 2 is 2.29 bits per heavy atom. The van der Waals surface area contributed by atoms with Gasteiger partial charge in [0.1, 0.15) is 5.82 Å². The molecule has 4 nitrogen and oxygen atoms in total. The lowest BCUT2D eigenvalue weighted by Crippen LogP contribution is -2.51. The van der Waals surface area contributed by atoms with Gasteiger partial charge in [-0.25, -0.2) is 4.98 Å². The van der Waals surface area contributed by atoms with Crippen molar-refractivity contribution in [3.63, 3.8) is 0 Å². The van der Waals surface area contributed by atoms with Crippen molar-refractivity contribution in [2.24, 2.45) is 0 Å². The Hall–Kier alpha value is -1.13. The zero-order chi connectivity index (χ0) is 12.3. The van der Waals surface area contributed by atoms with E-state index in [2.05, 4.69) is 28.6 Å². The van der Waals surface area contributed by atoms with Gasteiger partial charge in [-0.1, -0.05) is 6.92 Å². The van der Waals surface area contributed by atoms with Crippen LogP contribution in [0.3, 0.4) is 0 Å². The first kappa shape index (κ1) is 12.3. The normalized spacial score (nSPS) is 22.8. The van der Waals surface area contributed by atoms with E-state index in [9.17, 15) is 0 Å². The van der Waals surface area contributed by atoms with Crippen molar-refractivity contribution in [1.29, 1.82) is 0 Å². The molecule has 1 saturated heterocycles. The number of nitrogens with two attached hydrogens (primary N) is 1. The van der Waals surface area contributed by atoms with Gasteiger partial charge in [-0.3, -0.25) is 9.80 Å². The highest BCUT2D eigenvalue weighted by atomic mass is 15.3. The maximum absolute atomic E-state index is 5.70. The van der Waals surface area contributed by atoms with Crippen LogP contribution in [0.4, 0.5) is 5.82 Å². The lowest BCUT2D eigenvalue weighted by molar-refractivity contribution is 0.0834. The molecule has 0 radical (unpaired) electrons. The van der Waals surface area contributed by atoms with Crippen LogP contribution in [0, 0.1) is 0 Å². The molecule has 1 aliphatic heterocycles. The second kappa shape index (κ2) is 5.47. The van der Waals surface area contributed by atoms with Crippen molar-refractivity contribution >= 4 is 5.82 Å². The van der Waals surface area contributed by atoms with E-state index < -0.39 is 0 Å². The van der Waals surface area contributed by atoms with Gasteiger partial charge in [0.25, 0.3) is 0 Å². The van der Waals surface area contributed by atoms with E-state index in [0.29, 0.717) is 11.9 Å². The Balaban J connectivity index is 1.93. The number of hydrogen-bond donors (Lipinski definition) is 1. The summed E-state index contributed by atoms with van der Waals surface area (Å²) in [4.78, 5) is 9.04. The van der Waals surface area contributed by atoms with E-state index in [4.69, 9.17) is 5.73 Å². The molecule has 0 amide bonds. The third-order valence-electron chi connectivity index (χ3n) is 3.51. The summed E-state index contributed by atoms with van der Waals surface area (Å²) in [6, 6.07) is 4.66. The molecule has 1 aliphatic rings. The van der Waals surface area contributed by atoms with Crippen molar-refractivity contribution in [3.05, 3.63) is 23.9 Å². The van der Waals surface area contributed by atoms with E-state index in [0.717, 1.165) is 32.7 Å². The summed E-state index contributed by atoms with van der Waals surface area (Å²) in [6.07, 6.45) is 1.79. The van der Waals surface area contributed by atoms with E-state index >= 15 is 0 Å². The quantitative estimate of drug-likeness (QED) is 0.853. The fourth-order valence-corrected chi connectivity index (χ4v) is 2.54. The summed E-state index contributed by atoms with van der Waals surface area (Å²) in [5, 5.41) is 0. The molecular weight excluding hydrogens is 212 g/mol. The molecule has 94 valence electrons. The van der Waals surface area contributed by atoms with Crippen LogP contribution in [0.1, 0.15) is 19.4 Å². The Morgan fingerprint density at radius 3 is 2.94 bits per heavy atom. The molecule has 1 atom stereocenters. The second-order valence-electron chi connectivity index (χ2n) is 4.80. The van der Waals surface area contributed by atoms with Gasteiger partial charge >= 0.3 is 0 Å². The van der Waals surface area contributed by atoms with E-state index in [-0.39, 0.29) is 0 Å². The molecule has 1 aromatic heterocycles. The molecule has 0 aliphatic carbocycles. The van der Waals surface area contributed by atoms with Crippen molar-refractivity contribution in [3.8, 4) is 0 Å². The van der Waals surface area contributed by atoms with Crippen LogP contribution in [0.2, 0.25) is 0 Å². The van der Waals surface area contributed by atoms with E-state index in [1.165, 1.54) is 5.56 Å².